The summed E-state index contributed by atoms with van der Waals surface area (Å²) < 4.78 is 0. The van der Waals surface area contributed by atoms with Gasteiger partial charge < -0.3 is 15.9 Å². The Kier molecular flexibility index (Phi) is 5.69. The third-order valence-corrected chi connectivity index (χ3v) is 3.92. The first-order chi connectivity index (χ1) is 7.64. The van der Waals surface area contributed by atoms with E-state index in [-0.39, 0.29) is 12.1 Å². The zero-order valence-electron chi connectivity index (χ0n) is 10.4. The van der Waals surface area contributed by atoms with Gasteiger partial charge in [-0.1, -0.05) is 25.7 Å². The summed E-state index contributed by atoms with van der Waals surface area (Å²) in [4.78, 5) is 2.15. The van der Waals surface area contributed by atoms with Gasteiger partial charge in [0.25, 0.3) is 0 Å². The van der Waals surface area contributed by atoms with Crippen molar-refractivity contribution >= 4 is 0 Å². The van der Waals surface area contributed by atoms with Gasteiger partial charge in [0.1, 0.15) is 0 Å². The third kappa shape index (κ3) is 3.42. The topological polar surface area (TPSA) is 69.7 Å². The molecule has 1 atom stereocenters. The van der Waals surface area contributed by atoms with Crippen LogP contribution in [0, 0.1) is 0 Å². The van der Waals surface area contributed by atoms with E-state index in [9.17, 15) is 5.11 Å². The van der Waals surface area contributed by atoms with E-state index in [0.29, 0.717) is 13.1 Å². The molecule has 4 N–H and O–H groups in total. The molecule has 4 nitrogen and oxygen atoms in total. The van der Waals surface area contributed by atoms with Crippen molar-refractivity contribution in [2.24, 2.45) is 5.73 Å². The smallest absolute Gasteiger partial charge is 0.0897 e. The zero-order valence-corrected chi connectivity index (χ0v) is 10.4. The SMILES string of the molecule is CN(CC(O)CO)C1(CN)CCCCCC1. The fourth-order valence-electron chi connectivity index (χ4n) is 2.70. The molecule has 0 amide bonds. The highest BCUT2D eigenvalue weighted by molar-refractivity contribution is 4.92. The van der Waals surface area contributed by atoms with Crippen LogP contribution in [0.2, 0.25) is 0 Å². The van der Waals surface area contributed by atoms with Crippen LogP contribution in [0.15, 0.2) is 0 Å². The predicted molar refractivity (Wildman–Crippen MR) is 65.2 cm³/mol. The zero-order chi connectivity index (χ0) is 12.0. The van der Waals surface area contributed by atoms with Crippen LogP contribution in [0.3, 0.4) is 0 Å². The van der Waals surface area contributed by atoms with Crippen molar-refractivity contribution in [3.8, 4) is 0 Å². The number of hydrogen-bond acceptors (Lipinski definition) is 4. The number of aliphatic hydroxyl groups is 2. The highest BCUT2D eigenvalue weighted by Gasteiger charge is 2.34. The lowest BCUT2D eigenvalue weighted by Crippen LogP contribution is -2.54. The summed E-state index contributed by atoms with van der Waals surface area (Å²) in [5.74, 6) is 0. The maximum atomic E-state index is 9.51. The van der Waals surface area contributed by atoms with E-state index in [4.69, 9.17) is 10.8 Å². The summed E-state index contributed by atoms with van der Waals surface area (Å²) in [6.45, 7) is 0.973. The minimum absolute atomic E-state index is 0.0344. The Morgan fingerprint density at radius 3 is 2.25 bits per heavy atom. The monoisotopic (exact) mass is 230 g/mol. The van der Waals surface area contributed by atoms with Crippen molar-refractivity contribution in [3.05, 3.63) is 0 Å². The quantitative estimate of drug-likeness (QED) is 0.595. The van der Waals surface area contributed by atoms with Crippen LogP contribution >= 0.6 is 0 Å². The van der Waals surface area contributed by atoms with Crippen molar-refractivity contribution in [1.82, 2.24) is 4.90 Å². The van der Waals surface area contributed by atoms with Crippen LogP contribution in [-0.4, -0.2) is 53.5 Å². The number of aliphatic hydroxyl groups excluding tert-OH is 2. The molecule has 16 heavy (non-hydrogen) atoms. The summed E-state index contributed by atoms with van der Waals surface area (Å²) in [6, 6.07) is 0. The molecule has 0 aromatic heterocycles. The van der Waals surface area contributed by atoms with Gasteiger partial charge in [0.15, 0.2) is 0 Å². The lowest BCUT2D eigenvalue weighted by molar-refractivity contribution is 0.0207. The van der Waals surface area contributed by atoms with Gasteiger partial charge >= 0.3 is 0 Å². The van der Waals surface area contributed by atoms with Crippen molar-refractivity contribution in [2.75, 3.05) is 26.7 Å². The van der Waals surface area contributed by atoms with Crippen molar-refractivity contribution in [2.45, 2.75) is 50.2 Å². The number of nitrogens with two attached hydrogens (primary N) is 1. The van der Waals surface area contributed by atoms with Gasteiger partial charge in [0.2, 0.25) is 0 Å². The molecule has 0 aromatic rings. The standard InChI is InChI=1S/C12H26N2O2/c1-14(8-11(16)9-15)12(10-13)6-4-2-3-5-7-12/h11,15-16H,2-10,13H2,1H3. The molecule has 0 aromatic carbocycles. The van der Waals surface area contributed by atoms with E-state index in [1.165, 1.54) is 25.7 Å². The van der Waals surface area contributed by atoms with Gasteiger partial charge in [-0.25, -0.2) is 0 Å². The largest absolute Gasteiger partial charge is 0.394 e. The molecular weight excluding hydrogens is 204 g/mol. The highest BCUT2D eigenvalue weighted by atomic mass is 16.3. The van der Waals surface area contributed by atoms with Crippen molar-refractivity contribution < 1.29 is 10.2 Å². The molecule has 1 saturated carbocycles. The first kappa shape index (κ1) is 13.9. The van der Waals surface area contributed by atoms with E-state index >= 15 is 0 Å². The second-order valence-corrected chi connectivity index (χ2v) is 5.06. The molecule has 1 aliphatic carbocycles. The Hall–Kier alpha value is -0.160. The van der Waals surface area contributed by atoms with E-state index in [2.05, 4.69) is 4.90 Å². The van der Waals surface area contributed by atoms with Gasteiger partial charge in [-0.2, -0.15) is 0 Å². The Balaban J connectivity index is 2.61. The van der Waals surface area contributed by atoms with Crippen LogP contribution < -0.4 is 5.73 Å². The number of rotatable bonds is 5. The van der Waals surface area contributed by atoms with Crippen LogP contribution in [0.1, 0.15) is 38.5 Å². The Bertz CT molecular complexity index is 191. The third-order valence-electron chi connectivity index (χ3n) is 3.92. The summed E-state index contributed by atoms with van der Waals surface area (Å²) in [6.07, 6.45) is 6.58. The fraction of sp³-hybridized carbons (Fsp3) is 1.00. The molecule has 0 spiro atoms. The summed E-state index contributed by atoms with van der Waals surface area (Å²) in [5, 5.41) is 18.4. The van der Waals surface area contributed by atoms with Gasteiger partial charge in [-0.3, -0.25) is 4.90 Å². The second-order valence-electron chi connectivity index (χ2n) is 5.06. The molecule has 1 rings (SSSR count). The van der Waals surface area contributed by atoms with Crippen LogP contribution in [-0.2, 0) is 0 Å². The molecule has 4 heteroatoms. The molecule has 1 fully saturated rings. The molecule has 0 heterocycles. The number of hydrogen-bond donors (Lipinski definition) is 3. The summed E-state index contributed by atoms with van der Waals surface area (Å²) in [7, 11) is 2.01. The number of nitrogens with zero attached hydrogens (tertiary/aromatic N) is 1. The highest BCUT2D eigenvalue weighted by Crippen LogP contribution is 2.31. The average molecular weight is 230 g/mol. The molecule has 0 saturated heterocycles. The van der Waals surface area contributed by atoms with Crippen LogP contribution in [0.25, 0.3) is 0 Å². The molecule has 1 unspecified atom stereocenters. The second kappa shape index (κ2) is 6.55. The normalized spacial score (nSPS) is 23.1. The van der Waals surface area contributed by atoms with Gasteiger partial charge in [0, 0.05) is 18.6 Å². The van der Waals surface area contributed by atoms with Crippen molar-refractivity contribution in [1.29, 1.82) is 0 Å². The van der Waals surface area contributed by atoms with Crippen LogP contribution in [0.5, 0.6) is 0 Å². The molecule has 0 radical (unpaired) electrons. The van der Waals surface area contributed by atoms with Gasteiger partial charge in [0.05, 0.1) is 12.7 Å². The van der Waals surface area contributed by atoms with Gasteiger partial charge in [-0.05, 0) is 19.9 Å². The Morgan fingerprint density at radius 2 is 1.81 bits per heavy atom. The lowest BCUT2D eigenvalue weighted by Gasteiger charge is -2.41. The molecular formula is C12H26N2O2. The first-order valence-electron chi connectivity index (χ1n) is 6.35. The Labute approximate surface area is 98.4 Å². The summed E-state index contributed by atoms with van der Waals surface area (Å²) in [5.41, 5.74) is 5.97. The average Bonchev–Trinajstić information content (AvgIpc) is 2.54. The van der Waals surface area contributed by atoms with E-state index < -0.39 is 6.10 Å². The lowest BCUT2D eigenvalue weighted by atomic mass is 9.88. The summed E-state index contributed by atoms with van der Waals surface area (Å²) >= 11 is 0. The maximum Gasteiger partial charge on any atom is 0.0897 e. The maximum absolute atomic E-state index is 9.51. The number of β-amino-alcohol motifs (C(OH)–C–C–N with tert-alkyl or cyclic N) is 1. The molecule has 96 valence electrons. The Morgan fingerprint density at radius 1 is 1.25 bits per heavy atom. The number of likely N-dealkylation sites (N-methyl/N-ethyl adjacent to an activating group) is 1. The van der Waals surface area contributed by atoms with E-state index in [1.807, 2.05) is 7.05 Å². The van der Waals surface area contributed by atoms with Crippen molar-refractivity contribution in [3.63, 3.8) is 0 Å². The minimum atomic E-state index is -0.656. The van der Waals surface area contributed by atoms with Crippen LogP contribution in [0.4, 0.5) is 0 Å². The predicted octanol–water partition coefficient (Wildman–Crippen LogP) is 0.323. The molecule has 0 bridgehead atoms. The molecule has 0 aliphatic heterocycles. The van der Waals surface area contributed by atoms with E-state index in [0.717, 1.165) is 12.8 Å². The van der Waals surface area contributed by atoms with Gasteiger partial charge in [-0.15, -0.1) is 0 Å². The minimum Gasteiger partial charge on any atom is -0.394 e. The fourth-order valence-corrected chi connectivity index (χ4v) is 2.70. The molecule has 1 aliphatic rings. The van der Waals surface area contributed by atoms with E-state index in [1.54, 1.807) is 0 Å². The first-order valence-corrected chi connectivity index (χ1v) is 6.35.